The predicted molar refractivity (Wildman–Crippen MR) is 139 cm³/mol. The Morgan fingerprint density at radius 3 is 2.56 bits per heavy atom. The molecule has 0 unspecified atom stereocenters. The number of hydrogen-bond acceptors (Lipinski definition) is 5. The highest BCUT2D eigenvalue weighted by molar-refractivity contribution is 5.97. The Morgan fingerprint density at radius 2 is 1.75 bits per heavy atom. The van der Waals surface area contributed by atoms with E-state index in [2.05, 4.69) is 13.8 Å². The Bertz CT molecular complexity index is 1050. The van der Waals surface area contributed by atoms with Gasteiger partial charge in [0.2, 0.25) is 12.7 Å². The lowest BCUT2D eigenvalue weighted by Gasteiger charge is -2.33. The van der Waals surface area contributed by atoms with Crippen molar-refractivity contribution < 1.29 is 23.8 Å². The van der Waals surface area contributed by atoms with Crippen molar-refractivity contribution in [2.75, 3.05) is 33.0 Å². The lowest BCUT2D eigenvalue weighted by atomic mass is 10.0. The topological polar surface area (TPSA) is 68.3 Å². The monoisotopic (exact) mass is 494 g/mol. The van der Waals surface area contributed by atoms with Gasteiger partial charge in [0.05, 0.1) is 18.0 Å². The molecule has 0 fully saturated rings. The van der Waals surface area contributed by atoms with Crippen molar-refractivity contribution in [3.8, 4) is 17.2 Å². The molecule has 2 aromatic rings. The zero-order valence-electron chi connectivity index (χ0n) is 21.7. The quantitative estimate of drug-likeness (QED) is 0.590. The van der Waals surface area contributed by atoms with E-state index < -0.39 is 0 Å². The van der Waals surface area contributed by atoms with Gasteiger partial charge in [-0.25, -0.2) is 0 Å². The third kappa shape index (κ3) is 6.31. The van der Waals surface area contributed by atoms with E-state index in [1.807, 2.05) is 59.2 Å². The average Bonchev–Trinajstić information content (AvgIpc) is 3.33. The van der Waals surface area contributed by atoms with Crippen LogP contribution in [-0.2, 0) is 11.2 Å². The molecule has 2 amide bonds. The predicted octanol–water partition coefficient (Wildman–Crippen LogP) is 4.93. The summed E-state index contributed by atoms with van der Waals surface area (Å²) in [7, 11) is 0. The summed E-state index contributed by atoms with van der Waals surface area (Å²) >= 11 is 0. The third-order valence-electron chi connectivity index (χ3n) is 6.84. The molecule has 0 aliphatic carbocycles. The molecule has 2 aromatic carbocycles. The molecule has 7 heteroatoms. The fraction of sp³-hybridized carbons (Fsp3) is 0.517. The SMILES string of the molecule is CCN1CCCCCN(C(=O)Cc2ccc3c(c2)OCO3)[C@@H](CC(C)C)COc2ccccc2C1=O. The van der Waals surface area contributed by atoms with Gasteiger partial charge in [-0.2, -0.15) is 0 Å². The summed E-state index contributed by atoms with van der Waals surface area (Å²) in [6, 6.07) is 13.1. The van der Waals surface area contributed by atoms with Crippen molar-refractivity contribution in [2.24, 2.45) is 5.92 Å². The number of benzene rings is 2. The normalized spacial score (nSPS) is 18.7. The molecule has 36 heavy (non-hydrogen) atoms. The van der Waals surface area contributed by atoms with Crippen LogP contribution in [0.25, 0.3) is 0 Å². The van der Waals surface area contributed by atoms with E-state index in [0.717, 1.165) is 31.2 Å². The largest absolute Gasteiger partial charge is 0.491 e. The lowest BCUT2D eigenvalue weighted by molar-refractivity contribution is -0.134. The fourth-order valence-corrected chi connectivity index (χ4v) is 4.96. The molecule has 0 saturated heterocycles. The highest BCUT2D eigenvalue weighted by Gasteiger charge is 2.27. The lowest BCUT2D eigenvalue weighted by Crippen LogP contribution is -2.45. The highest BCUT2D eigenvalue weighted by Crippen LogP contribution is 2.33. The molecule has 194 valence electrons. The van der Waals surface area contributed by atoms with Crippen LogP contribution in [0.4, 0.5) is 0 Å². The maximum atomic E-state index is 13.7. The molecule has 0 aromatic heterocycles. The van der Waals surface area contributed by atoms with Gasteiger partial charge in [-0.3, -0.25) is 9.59 Å². The van der Waals surface area contributed by atoms with Crippen LogP contribution in [0.2, 0.25) is 0 Å². The van der Waals surface area contributed by atoms with Crippen LogP contribution < -0.4 is 14.2 Å². The second-order valence-corrected chi connectivity index (χ2v) is 9.99. The second-order valence-electron chi connectivity index (χ2n) is 9.99. The van der Waals surface area contributed by atoms with E-state index in [9.17, 15) is 9.59 Å². The molecule has 2 heterocycles. The maximum Gasteiger partial charge on any atom is 0.257 e. The zero-order chi connectivity index (χ0) is 25.5. The van der Waals surface area contributed by atoms with Gasteiger partial charge in [0, 0.05) is 19.6 Å². The number of carbonyl (C=O) groups excluding carboxylic acids is 2. The molecule has 1 atom stereocenters. The Kier molecular flexibility index (Phi) is 8.73. The van der Waals surface area contributed by atoms with Crippen molar-refractivity contribution in [3.63, 3.8) is 0 Å². The van der Waals surface area contributed by atoms with Gasteiger partial charge < -0.3 is 24.0 Å². The Labute approximate surface area is 214 Å². The average molecular weight is 495 g/mol. The molecule has 2 aliphatic heterocycles. The summed E-state index contributed by atoms with van der Waals surface area (Å²) in [5, 5.41) is 0. The van der Waals surface area contributed by atoms with E-state index in [0.29, 0.717) is 61.4 Å². The van der Waals surface area contributed by atoms with Crippen molar-refractivity contribution in [1.82, 2.24) is 9.80 Å². The zero-order valence-corrected chi connectivity index (χ0v) is 21.7. The molecule has 0 spiro atoms. The number of amides is 2. The first-order valence-corrected chi connectivity index (χ1v) is 13.1. The van der Waals surface area contributed by atoms with Gasteiger partial charge in [-0.1, -0.05) is 32.0 Å². The van der Waals surface area contributed by atoms with E-state index in [1.165, 1.54) is 0 Å². The number of para-hydroxylation sites is 1. The Balaban J connectivity index is 1.58. The van der Waals surface area contributed by atoms with Gasteiger partial charge in [0.1, 0.15) is 12.4 Å². The van der Waals surface area contributed by atoms with E-state index in [-0.39, 0.29) is 24.6 Å². The van der Waals surface area contributed by atoms with Crippen molar-refractivity contribution in [3.05, 3.63) is 53.6 Å². The molecular formula is C29H38N2O5. The van der Waals surface area contributed by atoms with Crippen LogP contribution in [-0.4, -0.2) is 60.7 Å². The second kappa shape index (κ2) is 12.2. The maximum absolute atomic E-state index is 13.7. The van der Waals surface area contributed by atoms with Gasteiger partial charge in [0.15, 0.2) is 11.5 Å². The molecule has 0 saturated carbocycles. The molecule has 0 bridgehead atoms. The first-order valence-electron chi connectivity index (χ1n) is 13.1. The molecular weight excluding hydrogens is 456 g/mol. The van der Waals surface area contributed by atoms with E-state index in [1.54, 1.807) is 0 Å². The molecule has 4 rings (SSSR count). The highest BCUT2D eigenvalue weighted by atomic mass is 16.7. The smallest absolute Gasteiger partial charge is 0.257 e. The minimum atomic E-state index is -0.0855. The van der Waals surface area contributed by atoms with Crippen LogP contribution in [0.15, 0.2) is 42.5 Å². The van der Waals surface area contributed by atoms with Crippen molar-refractivity contribution in [2.45, 2.75) is 58.9 Å². The molecule has 7 nitrogen and oxygen atoms in total. The Hall–Kier alpha value is -3.22. The molecule has 2 aliphatic rings. The summed E-state index contributed by atoms with van der Waals surface area (Å²) in [4.78, 5) is 30.8. The number of hydrogen-bond donors (Lipinski definition) is 0. The summed E-state index contributed by atoms with van der Waals surface area (Å²) in [5.74, 6) is 2.46. The van der Waals surface area contributed by atoms with Crippen LogP contribution in [0.5, 0.6) is 17.2 Å². The summed E-state index contributed by atoms with van der Waals surface area (Å²) in [6.45, 7) is 8.93. The first kappa shape index (κ1) is 25.9. The molecule has 0 N–H and O–H groups in total. The van der Waals surface area contributed by atoms with Crippen LogP contribution in [0, 0.1) is 5.92 Å². The van der Waals surface area contributed by atoms with Gasteiger partial charge >= 0.3 is 0 Å². The van der Waals surface area contributed by atoms with Crippen LogP contribution in [0.3, 0.4) is 0 Å². The minimum absolute atomic E-state index is 0.00324. The van der Waals surface area contributed by atoms with Crippen molar-refractivity contribution in [1.29, 1.82) is 0 Å². The Morgan fingerprint density at radius 1 is 0.972 bits per heavy atom. The van der Waals surface area contributed by atoms with Crippen molar-refractivity contribution >= 4 is 11.8 Å². The number of carbonyl (C=O) groups is 2. The summed E-state index contributed by atoms with van der Waals surface area (Å²) < 4.78 is 17.2. The first-order chi connectivity index (χ1) is 17.5. The number of ether oxygens (including phenoxy) is 3. The fourth-order valence-electron chi connectivity index (χ4n) is 4.96. The van der Waals surface area contributed by atoms with Gasteiger partial charge in [-0.15, -0.1) is 0 Å². The van der Waals surface area contributed by atoms with Crippen LogP contribution >= 0.6 is 0 Å². The molecule has 0 radical (unpaired) electrons. The van der Waals surface area contributed by atoms with E-state index in [4.69, 9.17) is 14.2 Å². The minimum Gasteiger partial charge on any atom is -0.491 e. The third-order valence-corrected chi connectivity index (χ3v) is 6.84. The standard InChI is InChI=1S/C29H38N2O5/c1-4-30-14-8-5-9-15-31(28(32)18-22-12-13-26-27(17-22)36-20-35-26)23(16-21(2)3)19-34-25-11-7-6-10-24(25)29(30)33/h6-7,10-13,17,21,23H,4-5,8-9,14-16,18-20H2,1-3H3/t23-/m0/s1. The number of nitrogens with zero attached hydrogens (tertiary/aromatic N) is 2. The van der Waals surface area contributed by atoms with E-state index >= 15 is 0 Å². The summed E-state index contributed by atoms with van der Waals surface area (Å²) in [6.07, 6.45) is 3.87. The number of fused-ring (bicyclic) bond motifs is 2. The van der Waals surface area contributed by atoms with Crippen LogP contribution in [0.1, 0.15) is 62.4 Å². The van der Waals surface area contributed by atoms with Gasteiger partial charge in [-0.05, 0) is 68.4 Å². The van der Waals surface area contributed by atoms with Gasteiger partial charge in [0.25, 0.3) is 5.91 Å². The summed E-state index contributed by atoms with van der Waals surface area (Å²) in [5.41, 5.74) is 1.49. The number of rotatable bonds is 5.